The first kappa shape index (κ1) is 9.66. The van der Waals surface area contributed by atoms with Crippen molar-refractivity contribution in [3.05, 3.63) is 29.6 Å². The van der Waals surface area contributed by atoms with Crippen LogP contribution in [0.1, 0.15) is 37.9 Å². The third-order valence-corrected chi connectivity index (χ3v) is 3.65. The van der Waals surface area contributed by atoms with Gasteiger partial charge in [-0.3, -0.25) is 4.98 Å². The monoisotopic (exact) mass is 190 g/mol. The average Bonchev–Trinajstić information content (AvgIpc) is 2.85. The van der Waals surface area contributed by atoms with Gasteiger partial charge in [-0.15, -0.1) is 0 Å². The molecule has 1 saturated carbocycles. The summed E-state index contributed by atoms with van der Waals surface area (Å²) in [6.07, 6.45) is 4.15. The molecule has 1 aliphatic carbocycles. The van der Waals surface area contributed by atoms with Gasteiger partial charge in [0.05, 0.1) is 0 Å². The van der Waals surface area contributed by atoms with Crippen molar-refractivity contribution >= 4 is 0 Å². The zero-order valence-electron chi connectivity index (χ0n) is 9.17. The molecule has 0 amide bonds. The third kappa shape index (κ3) is 1.34. The molecular formula is C12H18N2. The summed E-state index contributed by atoms with van der Waals surface area (Å²) < 4.78 is 0. The summed E-state index contributed by atoms with van der Waals surface area (Å²) >= 11 is 0. The standard InChI is InChI=1S/C12H18N2/c1-9-8-10(4-7-14-9)11(2,3)12(13)5-6-12/h4,7-8H,5-6,13H2,1-3H3. The first-order chi connectivity index (χ1) is 6.46. The van der Waals surface area contributed by atoms with E-state index in [1.54, 1.807) is 0 Å². The van der Waals surface area contributed by atoms with Crippen LogP contribution in [0.3, 0.4) is 0 Å². The topological polar surface area (TPSA) is 38.9 Å². The summed E-state index contributed by atoms with van der Waals surface area (Å²) in [4.78, 5) is 4.21. The lowest BCUT2D eigenvalue weighted by Crippen LogP contribution is -2.43. The van der Waals surface area contributed by atoms with E-state index in [1.807, 2.05) is 13.1 Å². The van der Waals surface area contributed by atoms with Crippen LogP contribution in [0.5, 0.6) is 0 Å². The van der Waals surface area contributed by atoms with Crippen molar-refractivity contribution in [2.75, 3.05) is 0 Å². The van der Waals surface area contributed by atoms with Crippen LogP contribution in [0.2, 0.25) is 0 Å². The highest BCUT2D eigenvalue weighted by atomic mass is 14.9. The molecule has 2 nitrogen and oxygen atoms in total. The van der Waals surface area contributed by atoms with Gasteiger partial charge in [-0.2, -0.15) is 0 Å². The normalized spacial score (nSPS) is 19.4. The van der Waals surface area contributed by atoms with Gasteiger partial charge in [0.25, 0.3) is 0 Å². The maximum Gasteiger partial charge on any atom is 0.0375 e. The van der Waals surface area contributed by atoms with Crippen LogP contribution in [0, 0.1) is 6.92 Å². The Bertz CT molecular complexity index is 351. The molecule has 0 bridgehead atoms. The Hall–Kier alpha value is -0.890. The Morgan fingerprint density at radius 3 is 2.57 bits per heavy atom. The van der Waals surface area contributed by atoms with Crippen LogP contribution in [-0.2, 0) is 5.41 Å². The highest BCUT2D eigenvalue weighted by molar-refractivity contribution is 5.32. The second kappa shape index (κ2) is 2.80. The average molecular weight is 190 g/mol. The van der Waals surface area contributed by atoms with Gasteiger partial charge in [-0.1, -0.05) is 13.8 Å². The largest absolute Gasteiger partial charge is 0.324 e. The van der Waals surface area contributed by atoms with Crippen LogP contribution in [0.15, 0.2) is 18.3 Å². The second-order valence-electron chi connectivity index (χ2n) is 4.97. The summed E-state index contributed by atoms with van der Waals surface area (Å²) in [5, 5.41) is 0. The van der Waals surface area contributed by atoms with E-state index in [4.69, 9.17) is 5.73 Å². The minimum absolute atomic E-state index is 0.0147. The molecule has 0 radical (unpaired) electrons. The fourth-order valence-electron chi connectivity index (χ4n) is 1.98. The van der Waals surface area contributed by atoms with Crippen molar-refractivity contribution in [3.63, 3.8) is 0 Å². The minimum atomic E-state index is 0.0147. The molecule has 2 N–H and O–H groups in total. The summed E-state index contributed by atoms with van der Waals surface area (Å²) in [5.74, 6) is 0. The molecule has 2 rings (SSSR count). The van der Waals surface area contributed by atoms with Gasteiger partial charge in [-0.05, 0) is 37.5 Å². The molecule has 0 spiro atoms. The number of hydrogen-bond acceptors (Lipinski definition) is 2. The second-order valence-corrected chi connectivity index (χ2v) is 4.97. The van der Waals surface area contributed by atoms with E-state index in [0.29, 0.717) is 0 Å². The molecule has 1 aromatic heterocycles. The quantitative estimate of drug-likeness (QED) is 0.776. The van der Waals surface area contributed by atoms with Crippen molar-refractivity contribution in [3.8, 4) is 0 Å². The Kier molecular flexibility index (Phi) is 1.93. The fraction of sp³-hybridized carbons (Fsp3) is 0.583. The van der Waals surface area contributed by atoms with Crippen LogP contribution in [0.4, 0.5) is 0 Å². The molecule has 0 aromatic carbocycles. The van der Waals surface area contributed by atoms with Gasteiger partial charge < -0.3 is 5.73 Å². The number of nitrogens with zero attached hydrogens (tertiary/aromatic N) is 1. The minimum Gasteiger partial charge on any atom is -0.324 e. The maximum absolute atomic E-state index is 6.29. The van der Waals surface area contributed by atoms with Gasteiger partial charge in [0, 0.05) is 22.8 Å². The molecule has 76 valence electrons. The summed E-state index contributed by atoms with van der Waals surface area (Å²) in [6.45, 7) is 6.49. The van der Waals surface area contributed by atoms with Crippen LogP contribution in [-0.4, -0.2) is 10.5 Å². The SMILES string of the molecule is Cc1cc(C(C)(C)C2(N)CC2)ccn1. The van der Waals surface area contributed by atoms with Gasteiger partial charge in [0.1, 0.15) is 0 Å². The molecule has 14 heavy (non-hydrogen) atoms. The van der Waals surface area contributed by atoms with Gasteiger partial charge in [-0.25, -0.2) is 0 Å². The summed E-state index contributed by atoms with van der Waals surface area (Å²) in [6, 6.07) is 4.23. The van der Waals surface area contributed by atoms with E-state index in [0.717, 1.165) is 18.5 Å². The first-order valence-electron chi connectivity index (χ1n) is 5.18. The molecule has 1 aromatic rings. The molecule has 2 heteroatoms. The van der Waals surface area contributed by atoms with Crippen molar-refractivity contribution < 1.29 is 0 Å². The molecule has 1 fully saturated rings. The lowest BCUT2D eigenvalue weighted by atomic mass is 9.76. The maximum atomic E-state index is 6.29. The van der Waals surface area contributed by atoms with E-state index in [2.05, 4.69) is 31.0 Å². The van der Waals surface area contributed by atoms with E-state index in [9.17, 15) is 0 Å². The van der Waals surface area contributed by atoms with Crippen molar-refractivity contribution in [2.24, 2.45) is 5.73 Å². The number of aromatic nitrogens is 1. The lowest BCUT2D eigenvalue weighted by molar-refractivity contribution is 0.391. The van der Waals surface area contributed by atoms with Crippen molar-refractivity contribution in [2.45, 2.75) is 44.6 Å². The number of aryl methyl sites for hydroxylation is 1. The summed E-state index contributed by atoms with van der Waals surface area (Å²) in [7, 11) is 0. The number of hydrogen-bond donors (Lipinski definition) is 1. The molecule has 1 aliphatic rings. The Morgan fingerprint density at radius 1 is 1.43 bits per heavy atom. The van der Waals surface area contributed by atoms with Crippen LogP contribution in [0.25, 0.3) is 0 Å². The van der Waals surface area contributed by atoms with E-state index < -0.39 is 0 Å². The number of nitrogens with two attached hydrogens (primary N) is 1. The summed E-state index contributed by atoms with van der Waals surface area (Å²) in [5.41, 5.74) is 8.75. The molecule has 1 heterocycles. The first-order valence-corrected chi connectivity index (χ1v) is 5.18. The molecule has 0 atom stereocenters. The third-order valence-electron chi connectivity index (χ3n) is 3.65. The van der Waals surface area contributed by atoms with Crippen LogP contribution >= 0.6 is 0 Å². The molecular weight excluding hydrogens is 172 g/mol. The predicted octanol–water partition coefficient (Wildman–Crippen LogP) is 2.16. The lowest BCUT2D eigenvalue weighted by Gasteiger charge is -2.32. The predicted molar refractivity (Wildman–Crippen MR) is 58.2 cm³/mol. The highest BCUT2D eigenvalue weighted by Gasteiger charge is 2.51. The van der Waals surface area contributed by atoms with E-state index in [-0.39, 0.29) is 11.0 Å². The Balaban J connectivity index is 2.38. The van der Waals surface area contributed by atoms with E-state index in [1.165, 1.54) is 5.56 Å². The zero-order valence-corrected chi connectivity index (χ0v) is 9.17. The molecule has 0 saturated heterocycles. The van der Waals surface area contributed by atoms with Gasteiger partial charge >= 0.3 is 0 Å². The molecule has 0 aliphatic heterocycles. The smallest absolute Gasteiger partial charge is 0.0375 e. The Morgan fingerprint density at radius 2 is 2.07 bits per heavy atom. The molecule has 0 unspecified atom stereocenters. The van der Waals surface area contributed by atoms with Gasteiger partial charge in [0.15, 0.2) is 0 Å². The fourth-order valence-corrected chi connectivity index (χ4v) is 1.98. The highest BCUT2D eigenvalue weighted by Crippen LogP contribution is 2.48. The van der Waals surface area contributed by atoms with E-state index >= 15 is 0 Å². The van der Waals surface area contributed by atoms with Crippen molar-refractivity contribution in [1.29, 1.82) is 0 Å². The zero-order chi connectivity index (χ0) is 10.4. The Labute approximate surface area is 85.5 Å². The van der Waals surface area contributed by atoms with Crippen LogP contribution < -0.4 is 5.73 Å². The number of pyridine rings is 1. The van der Waals surface area contributed by atoms with Crippen molar-refractivity contribution in [1.82, 2.24) is 4.98 Å². The number of rotatable bonds is 2. The van der Waals surface area contributed by atoms with Gasteiger partial charge in [0.2, 0.25) is 0 Å².